The van der Waals surface area contributed by atoms with E-state index >= 15 is 0 Å². The topological polar surface area (TPSA) is 29.3 Å². The molecule has 0 atom stereocenters. The van der Waals surface area contributed by atoms with Crippen LogP contribution in [0.4, 0.5) is 11.4 Å². The predicted molar refractivity (Wildman–Crippen MR) is 91.8 cm³/mol. The number of aryl methyl sites for hydroxylation is 2. The lowest BCUT2D eigenvalue weighted by Gasteiger charge is -2.29. The minimum Gasteiger partial charge on any atom is -0.399 e. The molecule has 0 spiro atoms. The van der Waals surface area contributed by atoms with Crippen molar-refractivity contribution in [2.75, 3.05) is 23.7 Å². The van der Waals surface area contributed by atoms with E-state index in [1.807, 2.05) is 12.1 Å². The zero-order valence-electron chi connectivity index (χ0n) is 13.0. The number of nitrogens with two attached hydrogens (primary N) is 1. The molecule has 0 aromatic heterocycles. The molecule has 110 valence electrons. The van der Waals surface area contributed by atoms with Gasteiger partial charge in [0.15, 0.2) is 0 Å². The summed E-state index contributed by atoms with van der Waals surface area (Å²) in [6.07, 6.45) is 4.01. The summed E-state index contributed by atoms with van der Waals surface area (Å²) in [7, 11) is 0. The van der Waals surface area contributed by atoms with Crippen molar-refractivity contribution in [2.24, 2.45) is 0 Å². The number of rotatable bonds is 2. The highest BCUT2D eigenvalue weighted by atomic mass is 15.1. The third kappa shape index (κ3) is 2.90. The second-order valence-corrected chi connectivity index (χ2v) is 6.12. The van der Waals surface area contributed by atoms with Crippen molar-refractivity contribution < 1.29 is 0 Å². The van der Waals surface area contributed by atoms with Crippen LogP contribution in [0.1, 0.15) is 30.4 Å². The van der Waals surface area contributed by atoms with Crippen LogP contribution in [0.15, 0.2) is 36.4 Å². The van der Waals surface area contributed by atoms with E-state index in [4.69, 9.17) is 5.73 Å². The van der Waals surface area contributed by atoms with Gasteiger partial charge in [-0.2, -0.15) is 0 Å². The summed E-state index contributed by atoms with van der Waals surface area (Å²) in [6.45, 7) is 6.72. The van der Waals surface area contributed by atoms with Crippen molar-refractivity contribution in [3.8, 4) is 11.1 Å². The van der Waals surface area contributed by atoms with Crippen LogP contribution in [0.3, 0.4) is 0 Å². The molecule has 2 aromatic rings. The van der Waals surface area contributed by atoms with Crippen LogP contribution in [0.5, 0.6) is 0 Å². The number of hydrogen-bond acceptors (Lipinski definition) is 2. The van der Waals surface area contributed by atoms with Gasteiger partial charge in [0.2, 0.25) is 0 Å². The van der Waals surface area contributed by atoms with Gasteiger partial charge >= 0.3 is 0 Å². The van der Waals surface area contributed by atoms with Gasteiger partial charge in [0, 0.05) is 24.5 Å². The molecule has 2 N–H and O–H groups in total. The molecule has 1 heterocycles. The fourth-order valence-electron chi connectivity index (χ4n) is 3.29. The quantitative estimate of drug-likeness (QED) is 0.818. The molecule has 2 heteroatoms. The van der Waals surface area contributed by atoms with Gasteiger partial charge in [0.1, 0.15) is 0 Å². The van der Waals surface area contributed by atoms with E-state index in [0.717, 1.165) is 5.69 Å². The van der Waals surface area contributed by atoms with E-state index in [9.17, 15) is 0 Å². The first kappa shape index (κ1) is 14.0. The molecule has 21 heavy (non-hydrogen) atoms. The molecule has 0 bridgehead atoms. The van der Waals surface area contributed by atoms with E-state index in [-0.39, 0.29) is 0 Å². The van der Waals surface area contributed by atoms with Crippen LogP contribution in [-0.4, -0.2) is 13.1 Å². The minimum absolute atomic E-state index is 0.832. The van der Waals surface area contributed by atoms with Crippen LogP contribution in [0.2, 0.25) is 0 Å². The van der Waals surface area contributed by atoms with Gasteiger partial charge in [-0.25, -0.2) is 0 Å². The van der Waals surface area contributed by atoms with Crippen molar-refractivity contribution in [1.82, 2.24) is 0 Å². The van der Waals surface area contributed by atoms with E-state index in [2.05, 4.69) is 43.0 Å². The first-order valence-electron chi connectivity index (χ1n) is 7.87. The smallest absolute Gasteiger partial charge is 0.0369 e. The monoisotopic (exact) mass is 280 g/mol. The van der Waals surface area contributed by atoms with E-state index < -0.39 is 0 Å². The third-order valence-corrected chi connectivity index (χ3v) is 4.47. The Labute approximate surface area is 127 Å². The van der Waals surface area contributed by atoms with E-state index in [1.165, 1.54) is 60.3 Å². The van der Waals surface area contributed by atoms with E-state index in [1.54, 1.807) is 0 Å². The molecule has 0 radical (unpaired) electrons. The highest BCUT2D eigenvalue weighted by Gasteiger charge is 2.13. The molecule has 0 aliphatic carbocycles. The number of hydrogen-bond donors (Lipinski definition) is 1. The Hall–Kier alpha value is -1.96. The summed E-state index contributed by atoms with van der Waals surface area (Å²) < 4.78 is 0. The van der Waals surface area contributed by atoms with Crippen molar-refractivity contribution in [2.45, 2.75) is 33.1 Å². The van der Waals surface area contributed by atoms with Gasteiger partial charge < -0.3 is 10.6 Å². The van der Waals surface area contributed by atoms with Gasteiger partial charge in [-0.1, -0.05) is 12.1 Å². The normalized spacial score (nSPS) is 15.2. The van der Waals surface area contributed by atoms with Crippen LogP contribution in [0.25, 0.3) is 11.1 Å². The van der Waals surface area contributed by atoms with Crippen molar-refractivity contribution in [3.63, 3.8) is 0 Å². The number of benzene rings is 2. The molecule has 1 saturated heterocycles. The lowest BCUT2D eigenvalue weighted by molar-refractivity contribution is 0.578. The van der Waals surface area contributed by atoms with Gasteiger partial charge in [-0.15, -0.1) is 0 Å². The molecule has 3 rings (SSSR count). The van der Waals surface area contributed by atoms with Crippen LogP contribution in [-0.2, 0) is 0 Å². The Bertz CT molecular complexity index is 640. The molecule has 1 aliphatic heterocycles. The molecular formula is C19H24N2. The number of nitrogen functional groups attached to an aromatic ring is 1. The molecule has 0 amide bonds. The summed E-state index contributed by atoms with van der Waals surface area (Å²) >= 11 is 0. The lowest BCUT2D eigenvalue weighted by Crippen LogP contribution is -2.29. The maximum absolute atomic E-state index is 5.86. The number of anilines is 2. The SMILES string of the molecule is Cc1cc(N)ccc1-c1ccc(N2CCCCC2)cc1C. The largest absolute Gasteiger partial charge is 0.399 e. The van der Waals surface area contributed by atoms with Crippen LogP contribution in [0, 0.1) is 13.8 Å². The maximum Gasteiger partial charge on any atom is 0.0369 e. The van der Waals surface area contributed by atoms with E-state index in [0.29, 0.717) is 0 Å². The Morgan fingerprint density at radius 1 is 0.810 bits per heavy atom. The van der Waals surface area contributed by atoms with Crippen molar-refractivity contribution in [1.29, 1.82) is 0 Å². The standard InChI is InChI=1S/C19H24N2/c1-14-12-16(20)6-8-18(14)19-9-7-17(13-15(19)2)21-10-4-3-5-11-21/h6-9,12-13H,3-5,10-11,20H2,1-2H3. The average Bonchev–Trinajstić information content (AvgIpc) is 2.49. The second kappa shape index (κ2) is 5.80. The summed E-state index contributed by atoms with van der Waals surface area (Å²) in [5.74, 6) is 0. The van der Waals surface area contributed by atoms with Gasteiger partial charge in [-0.3, -0.25) is 0 Å². The minimum atomic E-state index is 0.832. The molecule has 2 nitrogen and oxygen atoms in total. The summed E-state index contributed by atoms with van der Waals surface area (Å²) in [6, 6.07) is 13.0. The lowest BCUT2D eigenvalue weighted by atomic mass is 9.95. The Kier molecular flexibility index (Phi) is 3.87. The second-order valence-electron chi connectivity index (χ2n) is 6.12. The Morgan fingerprint density at radius 3 is 2.05 bits per heavy atom. The van der Waals surface area contributed by atoms with Crippen LogP contribution < -0.4 is 10.6 Å². The van der Waals surface area contributed by atoms with Gasteiger partial charge in [0.25, 0.3) is 0 Å². The number of nitrogens with zero attached hydrogens (tertiary/aromatic N) is 1. The molecule has 1 fully saturated rings. The molecule has 1 aliphatic rings. The zero-order chi connectivity index (χ0) is 14.8. The fourth-order valence-corrected chi connectivity index (χ4v) is 3.29. The van der Waals surface area contributed by atoms with Crippen molar-refractivity contribution >= 4 is 11.4 Å². The fraction of sp³-hybridized carbons (Fsp3) is 0.368. The first-order valence-corrected chi connectivity index (χ1v) is 7.87. The van der Waals surface area contributed by atoms with Crippen LogP contribution >= 0.6 is 0 Å². The molecular weight excluding hydrogens is 256 g/mol. The molecule has 0 saturated carbocycles. The first-order chi connectivity index (χ1) is 10.1. The third-order valence-electron chi connectivity index (χ3n) is 4.47. The average molecular weight is 280 g/mol. The summed E-state index contributed by atoms with van der Waals surface area (Å²) in [4.78, 5) is 2.51. The highest BCUT2D eigenvalue weighted by molar-refractivity contribution is 5.74. The van der Waals surface area contributed by atoms with Crippen molar-refractivity contribution in [3.05, 3.63) is 47.5 Å². The zero-order valence-corrected chi connectivity index (χ0v) is 13.0. The molecule has 0 unspecified atom stereocenters. The summed E-state index contributed by atoms with van der Waals surface area (Å²) in [5, 5.41) is 0. The number of piperidine rings is 1. The Morgan fingerprint density at radius 2 is 1.43 bits per heavy atom. The predicted octanol–water partition coefficient (Wildman–Crippen LogP) is 4.54. The van der Waals surface area contributed by atoms with Gasteiger partial charge in [0.05, 0.1) is 0 Å². The van der Waals surface area contributed by atoms with Gasteiger partial charge in [-0.05, 0) is 79.6 Å². The Balaban J connectivity index is 1.93. The highest BCUT2D eigenvalue weighted by Crippen LogP contribution is 2.31. The summed E-state index contributed by atoms with van der Waals surface area (Å²) in [5.41, 5.74) is 13.2. The molecule has 2 aromatic carbocycles. The maximum atomic E-state index is 5.86.